The summed E-state index contributed by atoms with van der Waals surface area (Å²) in [4.78, 5) is 29.5. The maximum atomic E-state index is 3.06. The molecule has 5 spiro atoms. The number of hydrogen-bond donors (Lipinski definition) is 0. The lowest BCUT2D eigenvalue weighted by Crippen LogP contribution is -2.83. The fraction of sp³-hybridized carbons (Fsp3) is 1.00. The molecule has 0 aromatic rings. The van der Waals surface area contributed by atoms with Gasteiger partial charge in [0.15, 0.2) is 0 Å². The van der Waals surface area contributed by atoms with Crippen LogP contribution < -0.4 is 0 Å². The Kier molecular flexibility index (Phi) is 42.0. The predicted octanol–water partition coefficient (Wildman–Crippen LogP) is 19.2. The highest BCUT2D eigenvalue weighted by atomic mass is 15.9. The summed E-state index contributed by atoms with van der Waals surface area (Å²) in [6.07, 6.45) is 22.7. The summed E-state index contributed by atoms with van der Waals surface area (Å²) in [5, 5.41) is 0. The van der Waals surface area contributed by atoms with Gasteiger partial charge in [0.25, 0.3) is 0 Å². The number of likely N-dealkylation sites (N-methyl/N-ethyl adjacent to an activating group) is 10. The van der Waals surface area contributed by atoms with Crippen molar-refractivity contribution in [1.29, 1.82) is 0 Å². The molecule has 21 unspecified atom stereocenters. The van der Waals surface area contributed by atoms with E-state index in [1.165, 1.54) is 309 Å². The van der Waals surface area contributed by atoms with E-state index in [0.29, 0.717) is 78.5 Å². The largest absolute Gasteiger partial charge is 0.357 e. The zero-order valence-electron chi connectivity index (χ0n) is 96.4. The van der Waals surface area contributed by atoms with Crippen molar-refractivity contribution in [3.8, 4) is 0 Å². The van der Waals surface area contributed by atoms with Crippen molar-refractivity contribution in [2.45, 2.75) is 491 Å². The van der Waals surface area contributed by atoms with E-state index < -0.39 is 0 Å². The smallest absolute Gasteiger partial charge is 0.244 e. The van der Waals surface area contributed by atoms with Gasteiger partial charge in [0, 0.05) is 68.9 Å². The summed E-state index contributed by atoms with van der Waals surface area (Å²) >= 11 is 0. The zero-order chi connectivity index (χ0) is 98.2. The van der Waals surface area contributed by atoms with E-state index in [-0.39, 0.29) is 29.6 Å². The molecule has 10 rings (SSSR count). The van der Waals surface area contributed by atoms with Crippen molar-refractivity contribution in [1.82, 2.24) is 49.0 Å². The molecule has 0 saturated carbocycles. The van der Waals surface area contributed by atoms with Gasteiger partial charge in [-0.25, -0.2) is 44.8 Å². The SMILES string of the molecule is CCC(C)N1CC(C)[N@@+](C)(CC)C12N(C(C)CC)C(C)C[N@@+]2(C)CC.CCC(C)N1CC(CC)[N@@+](C)(CC)C12N(C(C)CC)C(CC)C[N@@+]2(C)CC.CCCC1C[N@@+](C)(CC)C2(N(C(C)CC)CC(CCC)[N@@+]2(C)CC)N1C(C)CC.CCCN1CC(C)[N@@+](C)(CC)C12N(CCC)C(C)C[N@@+]2(C)CC.CCCN1CC(CC)[N@@+](C)(CC)C12N(CCC)C(CC)C[N@@+]2(C)CC. The first-order valence-electron chi connectivity index (χ1n) is 56.8. The van der Waals surface area contributed by atoms with Crippen LogP contribution in [0.25, 0.3) is 0 Å². The van der Waals surface area contributed by atoms with Crippen molar-refractivity contribution in [2.75, 3.05) is 228 Å². The van der Waals surface area contributed by atoms with E-state index in [2.05, 4.69) is 369 Å². The Morgan fingerprint density at radius 3 is 0.930 bits per heavy atom. The van der Waals surface area contributed by atoms with Crippen LogP contribution in [0.5, 0.6) is 0 Å². The van der Waals surface area contributed by atoms with Gasteiger partial charge in [0.05, 0.1) is 199 Å². The quantitative estimate of drug-likeness (QED) is 0.0558. The first-order valence-corrected chi connectivity index (χ1v) is 56.8. The maximum Gasteiger partial charge on any atom is 0.357 e. The molecule has 10 saturated heterocycles. The molecular formula is C109H238N20+10. The van der Waals surface area contributed by atoms with Crippen molar-refractivity contribution < 1.29 is 44.8 Å². The molecule has 10 fully saturated rings. The van der Waals surface area contributed by atoms with Gasteiger partial charge >= 0.3 is 29.6 Å². The first-order chi connectivity index (χ1) is 60.6. The molecule has 0 aromatic heterocycles. The zero-order valence-corrected chi connectivity index (χ0v) is 96.4. The minimum absolute atomic E-state index is 0.0627. The minimum atomic E-state index is 0.0627. The Balaban J connectivity index is 0.000000249. The molecule has 0 aromatic carbocycles. The lowest BCUT2D eigenvalue weighted by molar-refractivity contribution is -1.17. The van der Waals surface area contributed by atoms with Crippen LogP contribution in [0.1, 0.15) is 365 Å². The average Bonchev–Trinajstić information content (AvgIpc) is 1.49. The topological polar surface area (TPSA) is 32.4 Å². The highest BCUT2D eigenvalue weighted by Gasteiger charge is 2.85. The molecule has 0 N–H and O–H groups in total. The van der Waals surface area contributed by atoms with Gasteiger partial charge in [-0.05, 0) is 235 Å². The molecule has 129 heavy (non-hydrogen) atoms. The van der Waals surface area contributed by atoms with E-state index in [4.69, 9.17) is 0 Å². The van der Waals surface area contributed by atoms with Crippen molar-refractivity contribution >= 4 is 0 Å². The van der Waals surface area contributed by atoms with Crippen molar-refractivity contribution in [3.63, 3.8) is 0 Å². The summed E-state index contributed by atoms with van der Waals surface area (Å²) < 4.78 is 11.7. The van der Waals surface area contributed by atoms with Crippen molar-refractivity contribution in [2.24, 2.45) is 0 Å². The molecule has 10 aliphatic rings. The van der Waals surface area contributed by atoms with Crippen LogP contribution in [0.2, 0.25) is 0 Å². The third kappa shape index (κ3) is 17.6. The molecule has 0 radical (unpaired) electrons. The van der Waals surface area contributed by atoms with Crippen LogP contribution in [-0.2, 0) is 0 Å². The van der Waals surface area contributed by atoms with E-state index in [9.17, 15) is 0 Å². The minimum Gasteiger partial charge on any atom is -0.244 e. The Labute approximate surface area is 807 Å². The maximum absolute atomic E-state index is 3.06. The second-order valence-electron chi connectivity index (χ2n) is 46.9. The molecule has 0 aliphatic carbocycles. The molecular weight excluding hydrogens is 1590 g/mol. The van der Waals surface area contributed by atoms with Crippen LogP contribution in [0.3, 0.4) is 0 Å². The van der Waals surface area contributed by atoms with Crippen LogP contribution in [-0.4, -0.2) is 448 Å². The van der Waals surface area contributed by atoms with Crippen LogP contribution in [0.4, 0.5) is 0 Å². The Morgan fingerprint density at radius 1 is 0.248 bits per heavy atom. The summed E-state index contributed by atoms with van der Waals surface area (Å²) in [5.74, 6) is 0.433. The molecule has 10 heterocycles. The fourth-order valence-corrected chi connectivity index (χ4v) is 32.8. The number of rotatable bonds is 38. The lowest BCUT2D eigenvalue weighted by atomic mass is 10.1. The molecule has 0 amide bonds. The highest BCUT2D eigenvalue weighted by molar-refractivity contribution is 5.03. The fourth-order valence-electron chi connectivity index (χ4n) is 32.8. The summed E-state index contributed by atoms with van der Waals surface area (Å²) in [7, 11) is 25.7. The van der Waals surface area contributed by atoms with Gasteiger partial charge in [-0.1, -0.05) is 124 Å². The second-order valence-corrected chi connectivity index (χ2v) is 46.9. The monoisotopic (exact) mass is 1830 g/mol. The van der Waals surface area contributed by atoms with E-state index in [0.717, 1.165) is 27.1 Å². The molecule has 0 bridgehead atoms. The first kappa shape index (κ1) is 117. The van der Waals surface area contributed by atoms with Crippen LogP contribution >= 0.6 is 0 Å². The third-order valence-electron chi connectivity index (χ3n) is 41.2. The summed E-state index contributed by atoms with van der Waals surface area (Å²) in [5.41, 5.74) is 0. The summed E-state index contributed by atoms with van der Waals surface area (Å²) in [6, 6.07) is 10.6. The summed E-state index contributed by atoms with van der Waals surface area (Å²) in [6.45, 7) is 117. The third-order valence-corrected chi connectivity index (χ3v) is 41.2. The highest BCUT2D eigenvalue weighted by Crippen LogP contribution is 2.60. The van der Waals surface area contributed by atoms with Gasteiger partial charge in [0.1, 0.15) is 62.9 Å². The van der Waals surface area contributed by atoms with E-state index in [1.807, 2.05) is 0 Å². The van der Waals surface area contributed by atoms with Gasteiger partial charge in [-0.2, -0.15) is 49.0 Å². The van der Waals surface area contributed by atoms with Crippen molar-refractivity contribution in [3.05, 3.63) is 0 Å². The normalized spacial score (nSPS) is 43.3. The van der Waals surface area contributed by atoms with Crippen LogP contribution in [0.15, 0.2) is 0 Å². The Morgan fingerprint density at radius 2 is 0.543 bits per heavy atom. The van der Waals surface area contributed by atoms with E-state index in [1.54, 1.807) is 0 Å². The Hall–Kier alpha value is -0.800. The van der Waals surface area contributed by atoms with Crippen LogP contribution in [0, 0.1) is 0 Å². The number of hydrogen-bond acceptors (Lipinski definition) is 10. The van der Waals surface area contributed by atoms with Gasteiger partial charge in [-0.3, -0.25) is 0 Å². The second kappa shape index (κ2) is 46.3. The Bertz CT molecular complexity index is 3320. The molecule has 764 valence electrons. The number of nitrogens with zero attached hydrogens (tertiary/aromatic N) is 20. The lowest BCUT2D eigenvalue weighted by Gasteiger charge is -2.58. The standard InChI is InChI=1S/C25H54N4.C23H50N4.2C21H46N4.C19H42N4/c1-11-17-23-20-28(9,15-5)25(27(23)22(8)14-4)26(21(7)13-3)19-24(18-12-2)29(25,10)16-6;1-11-19(7)24-17-22(14-4)27(10,16-6)23(24)25(20(8)12-2)21(13-3)18-26(23,9)15-5;1-11-17(5)22-15-20(8)25(10,14-4)21(22)23(18(6)12-2)19(7)16-24(21,9)13-3;1-9-15-22-17-20(12-4)25(8,14-6)21(22)23(16-10-2)19(11-3)18-24(21,7)13-5;1-9-13-20-15-18(6)23(8,12-4)19(20)21(14-10-2)17(5)16-22(19,7)11-3/h21-24H,11-20H2,1-10H3;19-22H,11-18H2,1-10H3;17-20H,11-16H2,1-10H3;19-20H,9-18H2,1-8H3;17-18H,9-16H2,1-8H3/q5*+2/t21?,22?,23?,24?,25?,28-,29-;19?,20?,21?,22?,23?,26-,27-;17?,18?,19?,20?,21?,24-,25-;19?,20?,21?,24-,25-;17?,18?,19?,22-,23-/m11111/s1. The molecule has 31 atom stereocenters. The van der Waals surface area contributed by atoms with E-state index >= 15 is 0 Å². The molecule has 20 nitrogen and oxygen atoms in total. The average molecular weight is 1830 g/mol. The molecule has 20 heteroatoms. The van der Waals surface area contributed by atoms with Gasteiger partial charge < -0.3 is 0 Å². The number of quaternary nitrogens is 10. The predicted molar refractivity (Wildman–Crippen MR) is 559 cm³/mol. The van der Waals surface area contributed by atoms with Gasteiger partial charge in [-0.15, -0.1) is 0 Å². The van der Waals surface area contributed by atoms with Gasteiger partial charge in [0.2, 0.25) is 0 Å². The molecule has 10 aliphatic heterocycles.